The van der Waals surface area contributed by atoms with Gasteiger partial charge in [0.1, 0.15) is 0 Å². The molecular weight excluding hydrogens is 168 g/mol. The monoisotopic (exact) mass is 189 g/mol. The van der Waals surface area contributed by atoms with Gasteiger partial charge in [0.25, 0.3) is 0 Å². The fraction of sp³-hybridized carbons (Fsp3) is 0.500. The first kappa shape index (κ1) is 11.3. The van der Waals surface area contributed by atoms with Crippen molar-refractivity contribution in [2.75, 3.05) is 0 Å². The van der Waals surface area contributed by atoms with Gasteiger partial charge in [-0.2, -0.15) is 0 Å². The highest BCUT2D eigenvalue weighted by Gasteiger charge is 2.01. The van der Waals surface area contributed by atoms with E-state index in [9.17, 15) is 0 Å². The molecule has 0 spiro atoms. The number of rotatable bonds is 4. The van der Waals surface area contributed by atoms with Crippen molar-refractivity contribution < 1.29 is 0 Å². The highest BCUT2D eigenvalue weighted by atomic mass is 14.1. The molecule has 0 aromatic heterocycles. The Kier molecular flexibility index (Phi) is 4.19. The van der Waals surface area contributed by atoms with Gasteiger partial charge in [-0.05, 0) is 50.3 Å². The van der Waals surface area contributed by atoms with Crippen LogP contribution in [0.1, 0.15) is 41.5 Å². The van der Waals surface area contributed by atoms with Crippen LogP contribution in [0, 0.1) is 27.7 Å². The normalized spacial score (nSPS) is 10.6. The first-order valence-corrected chi connectivity index (χ1v) is 5.51. The third-order valence-electron chi connectivity index (χ3n) is 2.87. The Hall–Kier alpha value is -0.780. The van der Waals surface area contributed by atoms with E-state index in [0.717, 1.165) is 6.42 Å². The van der Waals surface area contributed by atoms with Gasteiger partial charge in [0.2, 0.25) is 0 Å². The molecular formula is C14H21. The summed E-state index contributed by atoms with van der Waals surface area (Å²) < 4.78 is 0. The number of benzene rings is 1. The average Bonchev–Trinajstić information content (AvgIpc) is 2.13. The summed E-state index contributed by atoms with van der Waals surface area (Å²) in [6, 6.07) is 4.59. The van der Waals surface area contributed by atoms with Crippen LogP contribution in [-0.4, -0.2) is 0 Å². The largest absolute Gasteiger partial charge is 0.0561 e. The summed E-state index contributed by atoms with van der Waals surface area (Å²) in [6.45, 7) is 10.5. The molecule has 0 amide bonds. The smallest absolute Gasteiger partial charge is 0.0276 e. The number of aryl methyl sites for hydroxylation is 3. The Labute approximate surface area is 88.4 Å². The van der Waals surface area contributed by atoms with Gasteiger partial charge in [0.05, 0.1) is 0 Å². The van der Waals surface area contributed by atoms with Gasteiger partial charge in [0.15, 0.2) is 0 Å². The quantitative estimate of drug-likeness (QED) is 0.624. The molecule has 1 rings (SSSR count). The molecule has 1 aromatic rings. The van der Waals surface area contributed by atoms with Crippen molar-refractivity contribution in [3.8, 4) is 0 Å². The minimum Gasteiger partial charge on any atom is -0.0561 e. The van der Waals surface area contributed by atoms with E-state index in [1.807, 2.05) is 0 Å². The van der Waals surface area contributed by atoms with Gasteiger partial charge in [-0.1, -0.05) is 37.5 Å². The second-order valence-electron chi connectivity index (χ2n) is 4.18. The summed E-state index contributed by atoms with van der Waals surface area (Å²) in [5.74, 6) is 0. The molecule has 0 bridgehead atoms. The fourth-order valence-corrected chi connectivity index (χ4v) is 1.88. The predicted octanol–water partition coefficient (Wildman–Crippen LogP) is 4.16. The molecule has 0 nitrogen and oxygen atoms in total. The molecule has 0 fully saturated rings. The van der Waals surface area contributed by atoms with Crippen molar-refractivity contribution in [1.29, 1.82) is 0 Å². The Bertz CT molecular complexity index is 297. The van der Waals surface area contributed by atoms with Crippen LogP contribution in [0.25, 0.3) is 0 Å². The van der Waals surface area contributed by atoms with Crippen LogP contribution in [0.4, 0.5) is 0 Å². The summed E-state index contributed by atoms with van der Waals surface area (Å²) >= 11 is 0. The van der Waals surface area contributed by atoms with Crippen molar-refractivity contribution in [2.24, 2.45) is 0 Å². The van der Waals surface area contributed by atoms with Crippen molar-refractivity contribution >= 4 is 0 Å². The molecule has 0 N–H and O–H groups in total. The fourth-order valence-electron chi connectivity index (χ4n) is 1.88. The lowest BCUT2D eigenvalue weighted by atomic mass is 9.96. The maximum Gasteiger partial charge on any atom is -0.0276 e. The van der Waals surface area contributed by atoms with Gasteiger partial charge in [-0.25, -0.2) is 0 Å². The third kappa shape index (κ3) is 2.87. The third-order valence-corrected chi connectivity index (χ3v) is 2.87. The van der Waals surface area contributed by atoms with Crippen LogP contribution in [0.3, 0.4) is 0 Å². The van der Waals surface area contributed by atoms with Crippen LogP contribution in [-0.2, 0) is 6.42 Å². The summed E-state index contributed by atoms with van der Waals surface area (Å²) in [7, 11) is 0. The van der Waals surface area contributed by atoms with Crippen LogP contribution in [0.15, 0.2) is 12.1 Å². The average molecular weight is 189 g/mol. The number of unbranched alkanes of at least 4 members (excludes halogenated alkanes) is 2. The van der Waals surface area contributed by atoms with Gasteiger partial charge < -0.3 is 0 Å². The first-order valence-electron chi connectivity index (χ1n) is 5.51. The van der Waals surface area contributed by atoms with E-state index >= 15 is 0 Å². The zero-order chi connectivity index (χ0) is 10.6. The molecule has 1 radical (unpaired) electrons. The minimum atomic E-state index is 1.06. The van der Waals surface area contributed by atoms with Crippen molar-refractivity contribution in [3.63, 3.8) is 0 Å². The Balaban J connectivity index is 2.75. The second kappa shape index (κ2) is 5.19. The highest BCUT2D eigenvalue weighted by Crippen LogP contribution is 2.18. The molecule has 0 saturated heterocycles. The molecule has 0 unspecified atom stereocenters. The van der Waals surface area contributed by atoms with E-state index in [1.54, 1.807) is 0 Å². The van der Waals surface area contributed by atoms with Crippen LogP contribution in [0.2, 0.25) is 0 Å². The van der Waals surface area contributed by atoms with Gasteiger partial charge in [-0.15, -0.1) is 0 Å². The molecule has 0 aliphatic carbocycles. The molecule has 0 aliphatic heterocycles. The minimum absolute atomic E-state index is 1.06. The molecule has 0 saturated carbocycles. The summed E-state index contributed by atoms with van der Waals surface area (Å²) in [5, 5.41) is 0. The summed E-state index contributed by atoms with van der Waals surface area (Å²) in [6.07, 6.45) is 4.79. The van der Waals surface area contributed by atoms with Crippen molar-refractivity contribution in [2.45, 2.75) is 46.5 Å². The standard InChI is InChI=1S/C14H21/c1-5-6-7-8-14-10-11(2)9-12(3)13(14)4/h9-10H,1,5-8H2,2-4H3. The molecule has 0 heteroatoms. The molecule has 77 valence electrons. The van der Waals surface area contributed by atoms with E-state index in [-0.39, 0.29) is 0 Å². The molecule has 14 heavy (non-hydrogen) atoms. The lowest BCUT2D eigenvalue weighted by molar-refractivity contribution is 0.742. The SMILES string of the molecule is [CH2]CCCCc1cc(C)cc(C)c1C. The van der Waals surface area contributed by atoms with Crippen molar-refractivity contribution in [3.05, 3.63) is 41.3 Å². The van der Waals surface area contributed by atoms with E-state index in [2.05, 4.69) is 39.8 Å². The molecule has 0 aliphatic rings. The maximum atomic E-state index is 3.87. The summed E-state index contributed by atoms with van der Waals surface area (Å²) in [4.78, 5) is 0. The Morgan fingerprint density at radius 2 is 1.79 bits per heavy atom. The zero-order valence-electron chi connectivity index (χ0n) is 9.69. The maximum absolute atomic E-state index is 3.87. The lowest BCUT2D eigenvalue weighted by Gasteiger charge is -2.10. The van der Waals surface area contributed by atoms with Gasteiger partial charge >= 0.3 is 0 Å². The first-order chi connectivity index (χ1) is 6.65. The topological polar surface area (TPSA) is 0 Å². The van der Waals surface area contributed by atoms with E-state index in [0.29, 0.717) is 0 Å². The van der Waals surface area contributed by atoms with E-state index < -0.39 is 0 Å². The van der Waals surface area contributed by atoms with Gasteiger partial charge in [-0.3, -0.25) is 0 Å². The Morgan fingerprint density at radius 3 is 2.43 bits per heavy atom. The Morgan fingerprint density at radius 1 is 1.07 bits per heavy atom. The number of hydrogen-bond donors (Lipinski definition) is 0. The molecule has 0 atom stereocenters. The zero-order valence-corrected chi connectivity index (χ0v) is 9.69. The molecule has 0 heterocycles. The molecule has 1 aromatic carbocycles. The van der Waals surface area contributed by atoms with Crippen LogP contribution < -0.4 is 0 Å². The second-order valence-corrected chi connectivity index (χ2v) is 4.18. The van der Waals surface area contributed by atoms with Crippen molar-refractivity contribution in [1.82, 2.24) is 0 Å². The highest BCUT2D eigenvalue weighted by molar-refractivity contribution is 5.37. The van der Waals surface area contributed by atoms with E-state index in [1.165, 1.54) is 41.5 Å². The van der Waals surface area contributed by atoms with Gasteiger partial charge in [0, 0.05) is 0 Å². The van der Waals surface area contributed by atoms with E-state index in [4.69, 9.17) is 0 Å². The lowest BCUT2D eigenvalue weighted by Crippen LogP contribution is -1.94. The van der Waals surface area contributed by atoms with Crippen LogP contribution >= 0.6 is 0 Å². The summed E-state index contributed by atoms with van der Waals surface area (Å²) in [5.41, 5.74) is 5.81. The van der Waals surface area contributed by atoms with Crippen LogP contribution in [0.5, 0.6) is 0 Å². The number of hydrogen-bond acceptors (Lipinski definition) is 0. The predicted molar refractivity (Wildman–Crippen MR) is 63.6 cm³/mol.